The maximum Gasteiger partial charge on any atom is 0.293 e. The van der Waals surface area contributed by atoms with Crippen LogP contribution in [0.3, 0.4) is 0 Å². The van der Waals surface area contributed by atoms with Crippen molar-refractivity contribution in [2.75, 3.05) is 29.7 Å². The van der Waals surface area contributed by atoms with Gasteiger partial charge in [0.2, 0.25) is 11.6 Å². The maximum atomic E-state index is 13.0. The molecule has 8 rings (SSSR count). The molecule has 8 atom stereocenters. The minimum atomic E-state index is -0.728. The molecule has 0 radical (unpaired) electrons. The van der Waals surface area contributed by atoms with Gasteiger partial charge in [-0.3, -0.25) is 9.59 Å². The van der Waals surface area contributed by atoms with E-state index in [1.165, 1.54) is 24.0 Å². The van der Waals surface area contributed by atoms with Gasteiger partial charge in [-0.2, -0.15) is 9.78 Å². The van der Waals surface area contributed by atoms with Crippen LogP contribution in [0.2, 0.25) is 0 Å². The van der Waals surface area contributed by atoms with Gasteiger partial charge in [-0.1, -0.05) is 67.9 Å². The molecule has 51 heavy (non-hydrogen) atoms. The number of benzene rings is 3. The number of fused-ring (bicyclic) bond motifs is 6. The summed E-state index contributed by atoms with van der Waals surface area (Å²) in [5.74, 6) is 1.53. The number of ether oxygens (including phenoxy) is 2. The molecule has 8 nitrogen and oxygen atoms in total. The number of carbonyl (C=O) groups is 2. The molecule has 272 valence electrons. The highest BCUT2D eigenvalue weighted by Crippen LogP contribution is 2.58. The number of carbonyl (C=O) groups excluding carboxylic acids is 2. The second-order valence-corrected chi connectivity index (χ2v) is 15.9. The van der Waals surface area contributed by atoms with Crippen LogP contribution in [0.1, 0.15) is 87.8 Å². The maximum absolute atomic E-state index is 13.0. The molecule has 3 aromatic rings. The van der Waals surface area contributed by atoms with E-state index in [9.17, 15) is 9.59 Å². The zero-order chi connectivity index (χ0) is 35.8. The van der Waals surface area contributed by atoms with Crippen LogP contribution in [0.4, 0.5) is 11.4 Å². The number of hydrogen-bond acceptors (Lipinski definition) is 7. The SMILES string of the molecule is CC1CC2CC(C)C3(OOC4(CCCC(OC=O)C4)O3)C(C1)C2.CNc1cc2c(c3ccccc13)C(CCl)CN2C(=O)/C=C/c1ccc(C)cc1. The van der Waals surface area contributed by atoms with Crippen LogP contribution in [0.15, 0.2) is 60.7 Å². The van der Waals surface area contributed by atoms with Crippen molar-refractivity contribution in [3.8, 4) is 0 Å². The Hall–Kier alpha value is -3.43. The first kappa shape index (κ1) is 36.0. The zero-order valence-electron chi connectivity index (χ0n) is 30.2. The van der Waals surface area contributed by atoms with Gasteiger partial charge in [-0.05, 0) is 85.9 Å². The molecule has 3 aliphatic carbocycles. The Labute approximate surface area is 306 Å². The lowest BCUT2D eigenvalue weighted by molar-refractivity contribution is -0.381. The molecule has 2 spiro atoms. The van der Waals surface area contributed by atoms with Crippen molar-refractivity contribution in [2.45, 2.75) is 95.7 Å². The molecule has 3 saturated carbocycles. The van der Waals surface area contributed by atoms with Crippen molar-refractivity contribution in [3.05, 3.63) is 77.4 Å². The summed E-state index contributed by atoms with van der Waals surface area (Å²) in [4.78, 5) is 37.3. The summed E-state index contributed by atoms with van der Waals surface area (Å²) in [6, 6.07) is 18.5. The second kappa shape index (κ2) is 14.9. The summed E-state index contributed by atoms with van der Waals surface area (Å²) < 4.78 is 11.8. The average molecular weight is 715 g/mol. The lowest BCUT2D eigenvalue weighted by atomic mass is 9.62. The lowest BCUT2D eigenvalue weighted by Crippen LogP contribution is -2.54. The molecule has 1 N–H and O–H groups in total. The van der Waals surface area contributed by atoms with Gasteiger partial charge in [0.25, 0.3) is 12.4 Å². The summed E-state index contributed by atoms with van der Waals surface area (Å²) >= 11 is 6.30. The summed E-state index contributed by atoms with van der Waals surface area (Å²) in [5.41, 5.74) is 5.36. The van der Waals surface area contributed by atoms with E-state index in [4.69, 9.17) is 30.8 Å². The third-order valence-electron chi connectivity index (χ3n) is 11.9. The van der Waals surface area contributed by atoms with Gasteiger partial charge >= 0.3 is 0 Å². The van der Waals surface area contributed by atoms with E-state index in [1.807, 2.05) is 54.4 Å². The van der Waals surface area contributed by atoms with Crippen molar-refractivity contribution in [3.63, 3.8) is 0 Å². The fraction of sp³-hybridized carbons (Fsp3) is 0.524. The van der Waals surface area contributed by atoms with Gasteiger partial charge in [0, 0.05) is 67.2 Å². The number of hydrogen-bond donors (Lipinski definition) is 1. The molecule has 5 aliphatic rings. The van der Waals surface area contributed by atoms with E-state index in [0.29, 0.717) is 37.2 Å². The molecule has 8 unspecified atom stereocenters. The predicted molar refractivity (Wildman–Crippen MR) is 201 cm³/mol. The van der Waals surface area contributed by atoms with Gasteiger partial charge in [0.15, 0.2) is 0 Å². The largest absolute Gasteiger partial charge is 0.464 e. The van der Waals surface area contributed by atoms with E-state index in [1.54, 1.807) is 6.08 Å². The molecule has 9 heteroatoms. The molecule has 3 aromatic carbocycles. The molecule has 1 saturated heterocycles. The first-order valence-electron chi connectivity index (χ1n) is 18.7. The van der Waals surface area contributed by atoms with Gasteiger partial charge in [0.1, 0.15) is 6.10 Å². The number of halogens is 1. The Kier molecular flexibility index (Phi) is 10.5. The third-order valence-corrected chi connectivity index (χ3v) is 12.3. The Morgan fingerprint density at radius 3 is 2.59 bits per heavy atom. The van der Waals surface area contributed by atoms with Crippen LogP contribution in [0.5, 0.6) is 0 Å². The molecular weight excluding hydrogens is 664 g/mol. The average Bonchev–Trinajstić information content (AvgIpc) is 3.70. The molecule has 4 fully saturated rings. The number of aryl methyl sites for hydroxylation is 1. The van der Waals surface area contributed by atoms with Gasteiger partial charge in [-0.15, -0.1) is 11.6 Å². The van der Waals surface area contributed by atoms with Crippen LogP contribution < -0.4 is 10.2 Å². The van der Waals surface area contributed by atoms with Crippen molar-refractivity contribution >= 4 is 52.2 Å². The van der Waals surface area contributed by atoms with Crippen LogP contribution in [-0.4, -0.2) is 49.5 Å². The standard InChI is InChI=1S/C24H23ClN2O.C18H28O5/c1-16-7-9-17(10-8-16)11-12-23(28)27-15-18(14-25)24-20-6-4-3-5-19(20)21(26-2)13-22(24)27;1-12-6-14-8-13(2)18(15(7-12)9-14)21-17(22-23-18)5-3-4-16(10-17)20-11-19/h3-13,18,26H,14-15H2,1-2H3;11-16H,3-10H2,1-2H3/b12-11+;. The first-order chi connectivity index (χ1) is 24.7. The molecule has 2 aliphatic heterocycles. The first-order valence-corrected chi connectivity index (χ1v) is 19.2. The topological polar surface area (TPSA) is 86.3 Å². The summed E-state index contributed by atoms with van der Waals surface area (Å²) in [6.45, 7) is 7.76. The fourth-order valence-electron chi connectivity index (χ4n) is 9.57. The van der Waals surface area contributed by atoms with Crippen LogP contribution in [-0.2, 0) is 28.8 Å². The monoisotopic (exact) mass is 714 g/mol. The van der Waals surface area contributed by atoms with Gasteiger partial charge in [0.05, 0.1) is 5.69 Å². The minimum absolute atomic E-state index is 0.0215. The van der Waals surface area contributed by atoms with E-state index >= 15 is 0 Å². The smallest absolute Gasteiger partial charge is 0.293 e. The van der Waals surface area contributed by atoms with Crippen molar-refractivity contribution in [1.29, 1.82) is 0 Å². The van der Waals surface area contributed by atoms with Crippen molar-refractivity contribution in [1.82, 2.24) is 0 Å². The minimum Gasteiger partial charge on any atom is -0.464 e. The Morgan fingerprint density at radius 2 is 1.84 bits per heavy atom. The highest BCUT2D eigenvalue weighted by atomic mass is 35.5. The summed E-state index contributed by atoms with van der Waals surface area (Å²) in [5, 5.41) is 5.58. The highest BCUT2D eigenvalue weighted by molar-refractivity contribution is 6.19. The summed E-state index contributed by atoms with van der Waals surface area (Å²) in [7, 11) is 1.91. The molecule has 1 amide bonds. The van der Waals surface area contributed by atoms with Crippen molar-refractivity contribution in [2.24, 2.45) is 23.7 Å². The number of amides is 1. The van der Waals surface area contributed by atoms with E-state index in [-0.39, 0.29) is 17.9 Å². The van der Waals surface area contributed by atoms with E-state index in [0.717, 1.165) is 71.7 Å². The van der Waals surface area contributed by atoms with Crippen molar-refractivity contribution < 1.29 is 28.8 Å². The van der Waals surface area contributed by atoms with Crippen LogP contribution >= 0.6 is 11.6 Å². The number of nitrogens with one attached hydrogen (secondary N) is 1. The highest BCUT2D eigenvalue weighted by Gasteiger charge is 2.63. The zero-order valence-corrected chi connectivity index (χ0v) is 31.0. The number of rotatable bonds is 6. The van der Waals surface area contributed by atoms with Gasteiger partial charge in [-0.25, -0.2) is 0 Å². The van der Waals surface area contributed by atoms with E-state index < -0.39 is 11.6 Å². The quantitative estimate of drug-likeness (QED) is 0.118. The third kappa shape index (κ3) is 7.05. The van der Waals surface area contributed by atoms with E-state index in [2.05, 4.69) is 44.3 Å². The fourth-order valence-corrected chi connectivity index (χ4v) is 9.82. The number of nitrogens with zero attached hydrogens (tertiary/aromatic N) is 1. The normalized spacial score (nSPS) is 32.5. The second-order valence-electron chi connectivity index (χ2n) is 15.6. The Morgan fingerprint density at radius 1 is 1.06 bits per heavy atom. The molecular formula is C42H51ClN2O6. The number of anilines is 2. The molecule has 2 bridgehead atoms. The summed E-state index contributed by atoms with van der Waals surface area (Å²) in [6.07, 6.45) is 11.4. The van der Waals surface area contributed by atoms with Gasteiger partial charge < -0.3 is 19.7 Å². The lowest BCUT2D eigenvalue weighted by Gasteiger charge is -2.50. The molecule has 2 heterocycles. The predicted octanol–water partition coefficient (Wildman–Crippen LogP) is 9.14. The molecule has 0 aromatic heterocycles. The Bertz CT molecular complexity index is 1760. The van der Waals surface area contributed by atoms with Crippen LogP contribution in [0, 0.1) is 30.6 Å². The Balaban J connectivity index is 0.000000162. The van der Waals surface area contributed by atoms with Crippen LogP contribution in [0.25, 0.3) is 16.8 Å². The number of alkyl halides is 1.